The Morgan fingerprint density at radius 3 is 2.92 bits per heavy atom. The van der Waals surface area contributed by atoms with Gasteiger partial charge in [0.1, 0.15) is 11.6 Å². The van der Waals surface area contributed by atoms with Crippen molar-refractivity contribution < 1.29 is 9.21 Å². The molecule has 3 rings (SSSR count). The first-order valence-electron chi connectivity index (χ1n) is 8.51. The van der Waals surface area contributed by atoms with Crippen LogP contribution in [0.1, 0.15) is 42.5 Å². The van der Waals surface area contributed by atoms with Crippen molar-refractivity contribution in [2.45, 2.75) is 38.6 Å². The Morgan fingerprint density at radius 1 is 1.33 bits per heavy atom. The van der Waals surface area contributed by atoms with Crippen LogP contribution in [0.25, 0.3) is 0 Å². The van der Waals surface area contributed by atoms with E-state index in [1.54, 1.807) is 18.3 Å². The molecule has 1 unspecified atom stereocenters. The molecule has 1 amide bonds. The van der Waals surface area contributed by atoms with E-state index in [0.29, 0.717) is 17.6 Å². The van der Waals surface area contributed by atoms with Crippen molar-refractivity contribution in [1.29, 1.82) is 0 Å². The zero-order valence-corrected chi connectivity index (χ0v) is 14.0. The van der Waals surface area contributed by atoms with Crippen LogP contribution >= 0.6 is 0 Å². The normalized spacial score (nSPS) is 18.2. The summed E-state index contributed by atoms with van der Waals surface area (Å²) >= 11 is 0. The highest BCUT2D eigenvalue weighted by Gasteiger charge is 2.23. The van der Waals surface area contributed by atoms with Crippen LogP contribution < -0.4 is 11.1 Å². The molecule has 1 aliphatic rings. The molecule has 128 valence electrons. The highest BCUT2D eigenvalue weighted by atomic mass is 16.4. The summed E-state index contributed by atoms with van der Waals surface area (Å²) in [6.07, 6.45) is 5.43. The quantitative estimate of drug-likeness (QED) is 0.901. The topological polar surface area (TPSA) is 84.4 Å². The van der Waals surface area contributed by atoms with Gasteiger partial charge in [0, 0.05) is 25.6 Å². The molecule has 0 aromatic carbocycles. The Balaban J connectivity index is 1.58. The van der Waals surface area contributed by atoms with E-state index in [2.05, 4.69) is 10.3 Å². The largest absolute Gasteiger partial charge is 0.456 e. The van der Waals surface area contributed by atoms with Gasteiger partial charge in [-0.2, -0.15) is 0 Å². The lowest BCUT2D eigenvalue weighted by Crippen LogP contribution is -2.32. The zero-order chi connectivity index (χ0) is 16.9. The number of furan rings is 1. The number of nitrogen functional groups attached to an aromatic ring is 1. The van der Waals surface area contributed by atoms with Gasteiger partial charge in [-0.1, -0.05) is 6.92 Å². The highest BCUT2D eigenvalue weighted by Crippen LogP contribution is 2.19. The van der Waals surface area contributed by atoms with Gasteiger partial charge < -0.3 is 20.4 Å². The number of likely N-dealkylation sites (tertiary alicyclic amines) is 1. The Kier molecular flexibility index (Phi) is 5.03. The van der Waals surface area contributed by atoms with Crippen LogP contribution in [0.3, 0.4) is 0 Å². The van der Waals surface area contributed by atoms with Crippen LogP contribution in [0.4, 0.5) is 11.5 Å². The van der Waals surface area contributed by atoms with Gasteiger partial charge in [-0.05, 0) is 43.5 Å². The maximum Gasteiger partial charge on any atom is 0.289 e. The molecule has 0 spiro atoms. The molecule has 3 N–H and O–H groups in total. The van der Waals surface area contributed by atoms with E-state index in [1.165, 1.54) is 0 Å². The third kappa shape index (κ3) is 3.88. The van der Waals surface area contributed by atoms with Crippen LogP contribution in [0.15, 0.2) is 34.9 Å². The third-order valence-electron chi connectivity index (χ3n) is 4.39. The minimum Gasteiger partial charge on any atom is -0.456 e. The summed E-state index contributed by atoms with van der Waals surface area (Å²) in [5.41, 5.74) is 6.58. The second kappa shape index (κ2) is 7.38. The summed E-state index contributed by atoms with van der Waals surface area (Å²) < 4.78 is 5.60. The van der Waals surface area contributed by atoms with E-state index in [-0.39, 0.29) is 5.91 Å². The fourth-order valence-electron chi connectivity index (χ4n) is 3.01. The number of carbonyl (C=O) groups excluding carboxylic acids is 1. The van der Waals surface area contributed by atoms with E-state index in [9.17, 15) is 4.79 Å². The Bertz CT molecular complexity index is 681. The highest BCUT2D eigenvalue weighted by molar-refractivity contribution is 5.91. The molecule has 1 fully saturated rings. The van der Waals surface area contributed by atoms with E-state index >= 15 is 0 Å². The van der Waals surface area contributed by atoms with Crippen molar-refractivity contribution in [3.8, 4) is 0 Å². The minimum atomic E-state index is -0.00972. The number of nitrogens with zero attached hydrogens (tertiary/aromatic N) is 2. The van der Waals surface area contributed by atoms with Crippen molar-refractivity contribution in [2.24, 2.45) is 0 Å². The second-order valence-corrected chi connectivity index (χ2v) is 6.16. The van der Waals surface area contributed by atoms with Crippen molar-refractivity contribution in [3.63, 3.8) is 0 Å². The smallest absolute Gasteiger partial charge is 0.289 e. The zero-order valence-electron chi connectivity index (χ0n) is 14.0. The molecule has 1 atom stereocenters. The number of amides is 1. The summed E-state index contributed by atoms with van der Waals surface area (Å²) in [7, 11) is 0. The van der Waals surface area contributed by atoms with E-state index in [4.69, 9.17) is 10.2 Å². The molecule has 0 aliphatic carbocycles. The number of rotatable bonds is 4. The number of carbonyl (C=O) groups is 1. The van der Waals surface area contributed by atoms with Crippen molar-refractivity contribution in [1.82, 2.24) is 9.88 Å². The second-order valence-electron chi connectivity index (χ2n) is 6.16. The fraction of sp³-hybridized carbons (Fsp3) is 0.444. The molecule has 0 radical (unpaired) electrons. The van der Waals surface area contributed by atoms with Gasteiger partial charge in [0.05, 0.1) is 11.9 Å². The molecule has 3 heterocycles. The number of aryl methyl sites for hydroxylation is 1. The summed E-state index contributed by atoms with van der Waals surface area (Å²) in [6.45, 7) is 3.50. The van der Waals surface area contributed by atoms with E-state index in [0.717, 1.165) is 50.2 Å². The Hall–Kier alpha value is -2.50. The van der Waals surface area contributed by atoms with Crippen LogP contribution in [0, 0.1) is 0 Å². The maximum absolute atomic E-state index is 12.6. The number of aromatic nitrogens is 1. The lowest BCUT2D eigenvalue weighted by atomic mass is 10.1. The number of nitrogens with one attached hydrogen (secondary N) is 1. The summed E-state index contributed by atoms with van der Waals surface area (Å²) in [6, 6.07) is 7.71. The fourth-order valence-corrected chi connectivity index (χ4v) is 3.01. The molecular formula is C18H24N4O2. The van der Waals surface area contributed by atoms with Gasteiger partial charge in [-0.25, -0.2) is 4.98 Å². The van der Waals surface area contributed by atoms with Crippen LogP contribution in [-0.4, -0.2) is 34.9 Å². The number of nitrogens with two attached hydrogens (primary N) is 1. The third-order valence-corrected chi connectivity index (χ3v) is 4.39. The molecule has 6 nitrogen and oxygen atoms in total. The molecule has 1 saturated heterocycles. The van der Waals surface area contributed by atoms with Gasteiger partial charge in [0.15, 0.2) is 5.76 Å². The molecular weight excluding hydrogens is 304 g/mol. The molecule has 2 aromatic rings. The van der Waals surface area contributed by atoms with Crippen LogP contribution in [0.2, 0.25) is 0 Å². The van der Waals surface area contributed by atoms with Gasteiger partial charge in [0.25, 0.3) is 5.91 Å². The van der Waals surface area contributed by atoms with Crippen LogP contribution in [-0.2, 0) is 6.42 Å². The molecule has 0 bridgehead atoms. The standard InChI is InChI=1S/C18H24N4O2/c1-2-15-6-7-16(24-15)18(23)22-10-3-4-13(9-11-22)21-14-5-8-17(19)20-12-14/h5-8,12-13,21H,2-4,9-11H2,1H3,(H2,19,20). The lowest BCUT2D eigenvalue weighted by molar-refractivity contribution is 0.0727. The average molecular weight is 328 g/mol. The van der Waals surface area contributed by atoms with E-state index < -0.39 is 0 Å². The van der Waals surface area contributed by atoms with Gasteiger partial charge in [0.2, 0.25) is 0 Å². The molecule has 1 aliphatic heterocycles. The minimum absolute atomic E-state index is 0.00972. The monoisotopic (exact) mass is 328 g/mol. The predicted octanol–water partition coefficient (Wildman–Crippen LogP) is 2.93. The van der Waals surface area contributed by atoms with Gasteiger partial charge >= 0.3 is 0 Å². The number of pyridine rings is 1. The lowest BCUT2D eigenvalue weighted by Gasteiger charge is -2.20. The van der Waals surface area contributed by atoms with Gasteiger partial charge in [-0.3, -0.25) is 4.79 Å². The first-order valence-corrected chi connectivity index (χ1v) is 8.51. The Morgan fingerprint density at radius 2 is 2.21 bits per heavy atom. The first kappa shape index (κ1) is 16.4. The number of hydrogen-bond donors (Lipinski definition) is 2. The Labute approximate surface area is 142 Å². The number of hydrogen-bond acceptors (Lipinski definition) is 5. The summed E-state index contributed by atoms with van der Waals surface area (Å²) in [5, 5.41) is 3.48. The number of anilines is 2. The molecule has 6 heteroatoms. The van der Waals surface area contributed by atoms with Crippen molar-refractivity contribution in [3.05, 3.63) is 42.0 Å². The maximum atomic E-state index is 12.6. The van der Waals surface area contributed by atoms with Gasteiger partial charge in [-0.15, -0.1) is 0 Å². The molecule has 24 heavy (non-hydrogen) atoms. The summed E-state index contributed by atoms with van der Waals surface area (Å²) in [5.74, 6) is 1.80. The SMILES string of the molecule is CCc1ccc(C(=O)N2CCCC(Nc3ccc(N)nc3)CC2)o1. The van der Waals surface area contributed by atoms with Crippen LogP contribution in [0.5, 0.6) is 0 Å². The van der Waals surface area contributed by atoms with Crippen molar-refractivity contribution in [2.75, 3.05) is 24.1 Å². The summed E-state index contributed by atoms with van der Waals surface area (Å²) in [4.78, 5) is 18.6. The van der Waals surface area contributed by atoms with Crippen molar-refractivity contribution >= 4 is 17.4 Å². The average Bonchev–Trinajstić information content (AvgIpc) is 2.96. The molecule has 2 aromatic heterocycles. The molecule has 0 saturated carbocycles. The van der Waals surface area contributed by atoms with E-state index in [1.807, 2.05) is 24.0 Å². The predicted molar refractivity (Wildman–Crippen MR) is 93.9 cm³/mol. The first-order chi connectivity index (χ1) is 11.7.